The number of amides is 1. The minimum Gasteiger partial charge on any atom is -0.462 e. The van der Waals surface area contributed by atoms with Gasteiger partial charge in [-0.2, -0.15) is 0 Å². The number of ether oxygens (including phenoxy) is 1. The zero-order valence-corrected chi connectivity index (χ0v) is 18.2. The van der Waals surface area contributed by atoms with Crippen molar-refractivity contribution in [1.29, 1.82) is 0 Å². The fourth-order valence-corrected chi connectivity index (χ4v) is 4.39. The number of hydrogen-bond donors (Lipinski definition) is 0. The van der Waals surface area contributed by atoms with Crippen molar-refractivity contribution < 1.29 is 14.3 Å². The van der Waals surface area contributed by atoms with Crippen molar-refractivity contribution in [2.45, 2.75) is 58.8 Å². The molecule has 1 saturated heterocycles. The van der Waals surface area contributed by atoms with E-state index in [4.69, 9.17) is 4.74 Å². The van der Waals surface area contributed by atoms with Gasteiger partial charge in [0.2, 0.25) is 5.91 Å². The van der Waals surface area contributed by atoms with E-state index in [1.807, 2.05) is 39.8 Å². The molecule has 0 saturated carbocycles. The summed E-state index contributed by atoms with van der Waals surface area (Å²) in [6, 6.07) is 7.64. The average molecular weight is 401 g/mol. The van der Waals surface area contributed by atoms with Crippen molar-refractivity contribution in [3.63, 3.8) is 0 Å². The van der Waals surface area contributed by atoms with E-state index < -0.39 is 12.0 Å². The summed E-state index contributed by atoms with van der Waals surface area (Å²) in [6.07, 6.45) is 0. The number of fused-ring (bicyclic) bond motifs is 1. The third-order valence-electron chi connectivity index (χ3n) is 4.94. The van der Waals surface area contributed by atoms with E-state index in [-0.39, 0.29) is 17.1 Å². The molecule has 1 aromatic rings. The molecular weight excluding hydrogens is 372 g/mol. The summed E-state index contributed by atoms with van der Waals surface area (Å²) < 4.78 is 5.53. The molecule has 2 heterocycles. The van der Waals surface area contributed by atoms with Gasteiger partial charge in [0.1, 0.15) is 0 Å². The molecule has 6 heteroatoms. The molecule has 150 valence electrons. The third kappa shape index (κ3) is 3.88. The number of carbonyl (C=O) groups is 2. The summed E-state index contributed by atoms with van der Waals surface area (Å²) in [6.45, 7) is 12.3. The van der Waals surface area contributed by atoms with E-state index >= 15 is 0 Å². The fourth-order valence-electron chi connectivity index (χ4n) is 3.36. The molecule has 0 N–H and O–H groups in total. The molecule has 0 unspecified atom stereocenters. The van der Waals surface area contributed by atoms with E-state index in [9.17, 15) is 9.59 Å². The first-order chi connectivity index (χ1) is 13.2. The van der Waals surface area contributed by atoms with Crippen LogP contribution in [0.25, 0.3) is 0 Å². The maximum atomic E-state index is 13.0. The van der Waals surface area contributed by atoms with Crippen LogP contribution < -0.4 is 0 Å². The van der Waals surface area contributed by atoms with Crippen LogP contribution in [0.3, 0.4) is 0 Å². The topological polar surface area (TPSA) is 59.0 Å². The van der Waals surface area contributed by atoms with E-state index in [0.29, 0.717) is 29.0 Å². The number of carbonyl (C=O) groups excluding carboxylic acids is 2. The van der Waals surface area contributed by atoms with Crippen LogP contribution in [0.15, 0.2) is 40.5 Å². The Hall–Kier alpha value is -2.08. The second kappa shape index (κ2) is 8.11. The highest BCUT2D eigenvalue weighted by atomic mass is 32.2. The Kier molecular flexibility index (Phi) is 5.98. The number of esters is 1. The summed E-state index contributed by atoms with van der Waals surface area (Å²) in [4.78, 5) is 32.1. The standard InChI is InChI=1S/C22H28N2O3S/c1-12(2)11-27-21(26)18-14(5)23-22-24(20(25)15(6)28-22)19(18)17-9-7-16(8-10-17)13(3)4/h7-10,12-13,15,19H,11H2,1-6H3/t15-,19-/m0/s1. The van der Waals surface area contributed by atoms with Crippen LogP contribution >= 0.6 is 11.8 Å². The maximum Gasteiger partial charge on any atom is 0.338 e. The van der Waals surface area contributed by atoms with Gasteiger partial charge in [0.25, 0.3) is 0 Å². The van der Waals surface area contributed by atoms with E-state index in [0.717, 1.165) is 5.56 Å². The van der Waals surface area contributed by atoms with Gasteiger partial charge in [0.05, 0.1) is 29.2 Å². The van der Waals surface area contributed by atoms with E-state index in [2.05, 4.69) is 31.0 Å². The van der Waals surface area contributed by atoms with Crippen LogP contribution in [0.4, 0.5) is 0 Å². The van der Waals surface area contributed by atoms with Gasteiger partial charge < -0.3 is 4.74 Å². The Morgan fingerprint density at radius 3 is 2.43 bits per heavy atom. The smallest absolute Gasteiger partial charge is 0.338 e. The van der Waals surface area contributed by atoms with Gasteiger partial charge in [0, 0.05) is 0 Å². The molecule has 2 aliphatic rings. The van der Waals surface area contributed by atoms with Crippen LogP contribution in [0, 0.1) is 5.92 Å². The van der Waals surface area contributed by atoms with Crippen LogP contribution in [0.1, 0.15) is 64.6 Å². The van der Waals surface area contributed by atoms with Crippen LogP contribution in [0.2, 0.25) is 0 Å². The largest absolute Gasteiger partial charge is 0.462 e. The van der Waals surface area contributed by atoms with Crippen molar-refractivity contribution in [1.82, 2.24) is 4.90 Å². The SMILES string of the molecule is CC1=C(C(=O)OCC(C)C)[C@H](c2ccc(C(C)C)cc2)N2C(=O)[C@H](C)SC2=N1. The van der Waals surface area contributed by atoms with E-state index in [1.165, 1.54) is 17.3 Å². The van der Waals surface area contributed by atoms with Crippen molar-refractivity contribution >= 4 is 28.8 Å². The molecule has 0 aromatic heterocycles. The average Bonchev–Trinajstić information content (AvgIpc) is 2.92. The van der Waals surface area contributed by atoms with Gasteiger partial charge in [-0.05, 0) is 36.8 Å². The molecule has 5 nitrogen and oxygen atoms in total. The lowest BCUT2D eigenvalue weighted by molar-refractivity contribution is -0.141. The molecule has 0 spiro atoms. The molecule has 1 amide bonds. The van der Waals surface area contributed by atoms with Gasteiger partial charge in [-0.1, -0.05) is 63.7 Å². The highest BCUT2D eigenvalue weighted by Gasteiger charge is 2.46. The molecular formula is C22H28N2O3S. The summed E-state index contributed by atoms with van der Waals surface area (Å²) in [5, 5.41) is 0.448. The molecule has 0 radical (unpaired) electrons. The summed E-state index contributed by atoms with van der Waals surface area (Å²) in [7, 11) is 0. The summed E-state index contributed by atoms with van der Waals surface area (Å²) in [5.41, 5.74) is 3.18. The predicted octanol–water partition coefficient (Wildman–Crippen LogP) is 4.66. The predicted molar refractivity (Wildman–Crippen MR) is 113 cm³/mol. The molecule has 28 heavy (non-hydrogen) atoms. The molecule has 1 fully saturated rings. The fraction of sp³-hybridized carbons (Fsp3) is 0.500. The second-order valence-electron chi connectivity index (χ2n) is 8.08. The zero-order chi connectivity index (χ0) is 20.6. The zero-order valence-electron chi connectivity index (χ0n) is 17.4. The van der Waals surface area contributed by atoms with Gasteiger partial charge in [-0.25, -0.2) is 9.79 Å². The Morgan fingerprint density at radius 2 is 1.86 bits per heavy atom. The Bertz CT molecular complexity index is 840. The second-order valence-corrected chi connectivity index (χ2v) is 9.39. The first kappa shape index (κ1) is 20.6. The van der Waals surface area contributed by atoms with E-state index in [1.54, 1.807) is 4.90 Å². The van der Waals surface area contributed by atoms with Crippen LogP contribution in [-0.2, 0) is 14.3 Å². The lowest BCUT2D eigenvalue weighted by atomic mass is 9.92. The van der Waals surface area contributed by atoms with Crippen LogP contribution in [0.5, 0.6) is 0 Å². The maximum absolute atomic E-state index is 13.0. The number of amidine groups is 1. The number of benzene rings is 1. The Labute approximate surface area is 171 Å². The van der Waals surface area contributed by atoms with Gasteiger partial charge in [0.15, 0.2) is 5.17 Å². The number of aliphatic imine (C=N–C) groups is 1. The highest BCUT2D eigenvalue weighted by molar-refractivity contribution is 8.15. The Balaban J connectivity index is 2.05. The summed E-state index contributed by atoms with van der Waals surface area (Å²) >= 11 is 1.44. The van der Waals surface area contributed by atoms with Crippen molar-refractivity contribution in [3.05, 3.63) is 46.7 Å². The molecule has 0 bridgehead atoms. The number of hydrogen-bond acceptors (Lipinski definition) is 5. The number of nitrogens with zero attached hydrogens (tertiary/aromatic N) is 2. The molecule has 3 rings (SSSR count). The van der Waals surface area contributed by atoms with Gasteiger partial charge in [-0.15, -0.1) is 0 Å². The van der Waals surface area contributed by atoms with Gasteiger partial charge in [-0.3, -0.25) is 9.69 Å². The monoisotopic (exact) mass is 400 g/mol. The normalized spacial score (nSPS) is 22.1. The minimum atomic E-state index is -0.502. The quantitative estimate of drug-likeness (QED) is 0.675. The first-order valence-corrected chi connectivity index (χ1v) is 10.6. The van der Waals surface area contributed by atoms with Gasteiger partial charge >= 0.3 is 5.97 Å². The molecule has 0 aliphatic carbocycles. The minimum absolute atomic E-state index is 0.0247. The Morgan fingerprint density at radius 1 is 1.21 bits per heavy atom. The number of thioether (sulfide) groups is 1. The van der Waals surface area contributed by atoms with Crippen LogP contribution in [-0.4, -0.2) is 33.8 Å². The molecule has 2 atom stereocenters. The first-order valence-electron chi connectivity index (χ1n) is 9.76. The lowest BCUT2D eigenvalue weighted by Gasteiger charge is -2.33. The third-order valence-corrected chi connectivity index (χ3v) is 6.00. The molecule has 2 aliphatic heterocycles. The van der Waals surface area contributed by atoms with Crippen molar-refractivity contribution in [2.75, 3.05) is 6.61 Å². The number of allylic oxidation sites excluding steroid dienone is 1. The van der Waals surface area contributed by atoms with Crippen molar-refractivity contribution in [2.24, 2.45) is 10.9 Å². The number of rotatable bonds is 5. The molecule has 1 aromatic carbocycles. The highest BCUT2D eigenvalue weighted by Crippen LogP contribution is 2.43. The lowest BCUT2D eigenvalue weighted by Crippen LogP contribution is -2.40. The summed E-state index contributed by atoms with van der Waals surface area (Å²) in [5.74, 6) is 0.224. The van der Waals surface area contributed by atoms with Crippen molar-refractivity contribution in [3.8, 4) is 0 Å².